The minimum Gasteiger partial charge on any atom is -0.497 e. The number of esters is 1. The first-order chi connectivity index (χ1) is 12.2. The molecule has 0 N–H and O–H groups in total. The Kier molecular flexibility index (Phi) is 6.51. The van der Waals surface area contributed by atoms with Crippen LogP contribution in [0.2, 0.25) is 0 Å². The van der Waals surface area contributed by atoms with Crippen LogP contribution in [-0.2, 0) is 14.3 Å². The molecule has 0 bridgehead atoms. The maximum atomic E-state index is 12.5. The van der Waals surface area contributed by atoms with Crippen molar-refractivity contribution in [1.82, 2.24) is 4.90 Å². The molecule has 0 radical (unpaired) electrons. The Morgan fingerprint density at radius 2 is 1.85 bits per heavy atom. The van der Waals surface area contributed by atoms with Crippen LogP contribution >= 0.6 is 0 Å². The quantitative estimate of drug-likeness (QED) is 0.765. The zero-order valence-electron chi connectivity index (χ0n) is 16.3. The van der Waals surface area contributed by atoms with Crippen LogP contribution in [0, 0.1) is 5.92 Å². The van der Waals surface area contributed by atoms with Crippen LogP contribution in [0.15, 0.2) is 24.3 Å². The summed E-state index contributed by atoms with van der Waals surface area (Å²) in [6.45, 7) is 8.44. The van der Waals surface area contributed by atoms with Crippen LogP contribution in [0.1, 0.15) is 45.6 Å². The molecule has 1 amide bonds. The third-order valence-electron chi connectivity index (χ3n) is 4.40. The second-order valence-corrected chi connectivity index (χ2v) is 7.45. The number of amides is 1. The molecule has 1 aliphatic heterocycles. The molecule has 26 heavy (non-hydrogen) atoms. The van der Waals surface area contributed by atoms with E-state index in [1.54, 1.807) is 18.9 Å². The maximum Gasteiger partial charge on any atom is 0.410 e. The van der Waals surface area contributed by atoms with Gasteiger partial charge in [-0.1, -0.05) is 12.1 Å². The number of nitrogens with zero attached hydrogens (tertiary/aromatic N) is 1. The van der Waals surface area contributed by atoms with Gasteiger partial charge in [-0.3, -0.25) is 4.79 Å². The summed E-state index contributed by atoms with van der Waals surface area (Å²) in [6, 6.07) is 7.72. The number of rotatable bonds is 4. The van der Waals surface area contributed by atoms with E-state index in [1.807, 2.05) is 45.0 Å². The van der Waals surface area contributed by atoms with Crippen LogP contribution < -0.4 is 4.74 Å². The summed E-state index contributed by atoms with van der Waals surface area (Å²) in [7, 11) is 1.62. The number of hydrogen-bond donors (Lipinski definition) is 0. The lowest BCUT2D eigenvalue weighted by atomic mass is 9.80. The summed E-state index contributed by atoms with van der Waals surface area (Å²) < 4.78 is 15.9. The van der Waals surface area contributed by atoms with Crippen molar-refractivity contribution in [1.29, 1.82) is 0 Å². The van der Waals surface area contributed by atoms with Gasteiger partial charge in [0.25, 0.3) is 0 Å². The normalized spacial score (nSPS) is 20.4. The first kappa shape index (κ1) is 20.1. The van der Waals surface area contributed by atoms with E-state index in [9.17, 15) is 9.59 Å². The summed E-state index contributed by atoms with van der Waals surface area (Å²) in [6.07, 6.45) is 0.287. The van der Waals surface area contributed by atoms with Gasteiger partial charge in [0.2, 0.25) is 0 Å². The van der Waals surface area contributed by atoms with Crippen molar-refractivity contribution in [3.63, 3.8) is 0 Å². The summed E-state index contributed by atoms with van der Waals surface area (Å²) >= 11 is 0. The van der Waals surface area contributed by atoms with Crippen molar-refractivity contribution >= 4 is 12.1 Å². The van der Waals surface area contributed by atoms with Crippen molar-refractivity contribution in [3.8, 4) is 5.75 Å². The molecule has 1 saturated heterocycles. The SMILES string of the molecule is CCOC(=O)[C@@H]1CN(C(=O)OC(C)(C)C)CC[C@@H]1c1ccc(OC)cc1. The molecule has 6 nitrogen and oxygen atoms in total. The topological polar surface area (TPSA) is 65.1 Å². The molecular formula is C20H29NO5. The number of piperidine rings is 1. The van der Waals surface area contributed by atoms with Crippen molar-refractivity contribution in [2.24, 2.45) is 5.92 Å². The molecule has 0 aliphatic carbocycles. The van der Waals surface area contributed by atoms with E-state index in [2.05, 4.69) is 0 Å². The van der Waals surface area contributed by atoms with Gasteiger partial charge in [0.05, 0.1) is 19.6 Å². The largest absolute Gasteiger partial charge is 0.497 e. The first-order valence-electron chi connectivity index (χ1n) is 9.03. The second-order valence-electron chi connectivity index (χ2n) is 7.45. The lowest BCUT2D eigenvalue weighted by Crippen LogP contribution is -2.47. The number of methoxy groups -OCH3 is 1. The Morgan fingerprint density at radius 1 is 1.19 bits per heavy atom. The number of hydrogen-bond acceptors (Lipinski definition) is 5. The van der Waals surface area contributed by atoms with E-state index < -0.39 is 11.5 Å². The molecule has 0 unspecified atom stereocenters. The Bertz CT molecular complexity index is 620. The molecule has 2 rings (SSSR count). The lowest BCUT2D eigenvalue weighted by molar-refractivity contribution is -0.150. The summed E-state index contributed by atoms with van der Waals surface area (Å²) in [5.74, 6) is 0.0810. The van der Waals surface area contributed by atoms with Crippen LogP contribution in [0.25, 0.3) is 0 Å². The molecule has 0 spiro atoms. The van der Waals surface area contributed by atoms with Crippen molar-refractivity contribution in [3.05, 3.63) is 29.8 Å². The molecule has 0 saturated carbocycles. The fraction of sp³-hybridized carbons (Fsp3) is 0.600. The van der Waals surface area contributed by atoms with E-state index >= 15 is 0 Å². The molecule has 1 heterocycles. The molecule has 1 aromatic rings. The standard InChI is InChI=1S/C20H29NO5/c1-6-25-18(22)17-13-21(19(23)26-20(2,3)4)12-11-16(17)14-7-9-15(24-5)10-8-14/h7-10,16-17H,6,11-13H2,1-5H3/t16-,17-/m1/s1. The zero-order valence-corrected chi connectivity index (χ0v) is 16.3. The number of carbonyl (C=O) groups is 2. The van der Waals surface area contributed by atoms with Gasteiger partial charge in [-0.05, 0) is 51.8 Å². The van der Waals surface area contributed by atoms with Gasteiger partial charge in [0, 0.05) is 19.0 Å². The lowest BCUT2D eigenvalue weighted by Gasteiger charge is -2.38. The van der Waals surface area contributed by atoms with Crippen molar-refractivity contribution < 1.29 is 23.8 Å². The number of carbonyl (C=O) groups excluding carboxylic acids is 2. The van der Waals surface area contributed by atoms with Gasteiger partial charge < -0.3 is 19.1 Å². The van der Waals surface area contributed by atoms with Gasteiger partial charge in [-0.25, -0.2) is 4.79 Å². The van der Waals surface area contributed by atoms with Crippen molar-refractivity contribution in [2.45, 2.75) is 45.6 Å². The van der Waals surface area contributed by atoms with Gasteiger partial charge in [-0.2, -0.15) is 0 Å². The van der Waals surface area contributed by atoms with E-state index in [0.717, 1.165) is 11.3 Å². The Hall–Kier alpha value is -2.24. The second kappa shape index (κ2) is 8.43. The Balaban J connectivity index is 2.18. The highest BCUT2D eigenvalue weighted by molar-refractivity contribution is 5.76. The molecule has 0 aromatic heterocycles. The van der Waals surface area contributed by atoms with E-state index in [4.69, 9.17) is 14.2 Å². The predicted octanol–water partition coefficient (Wildman–Crippen LogP) is 3.60. The molecule has 144 valence electrons. The third-order valence-corrected chi connectivity index (χ3v) is 4.40. The number of likely N-dealkylation sites (tertiary alicyclic amines) is 1. The Morgan fingerprint density at radius 3 is 2.38 bits per heavy atom. The molecule has 6 heteroatoms. The third kappa shape index (κ3) is 5.13. The number of ether oxygens (including phenoxy) is 3. The molecule has 1 fully saturated rings. The smallest absolute Gasteiger partial charge is 0.410 e. The predicted molar refractivity (Wildman–Crippen MR) is 98.3 cm³/mol. The van der Waals surface area contributed by atoms with E-state index in [1.165, 1.54) is 0 Å². The highest BCUT2D eigenvalue weighted by atomic mass is 16.6. The van der Waals surface area contributed by atoms with Crippen LogP contribution in [0.5, 0.6) is 5.75 Å². The highest BCUT2D eigenvalue weighted by Gasteiger charge is 2.39. The van der Waals surface area contributed by atoms with Gasteiger partial charge in [0.15, 0.2) is 0 Å². The zero-order chi connectivity index (χ0) is 19.3. The molecule has 1 aromatic carbocycles. The van der Waals surface area contributed by atoms with Gasteiger partial charge in [-0.15, -0.1) is 0 Å². The minimum atomic E-state index is -0.566. The molecule has 2 atom stereocenters. The highest BCUT2D eigenvalue weighted by Crippen LogP contribution is 2.35. The van der Waals surface area contributed by atoms with E-state index in [0.29, 0.717) is 26.1 Å². The van der Waals surface area contributed by atoms with Crippen LogP contribution in [-0.4, -0.2) is 49.4 Å². The van der Waals surface area contributed by atoms with Crippen LogP contribution in [0.4, 0.5) is 4.79 Å². The van der Waals surface area contributed by atoms with Crippen LogP contribution in [0.3, 0.4) is 0 Å². The molecule has 1 aliphatic rings. The Labute approximate surface area is 155 Å². The average molecular weight is 363 g/mol. The fourth-order valence-electron chi connectivity index (χ4n) is 3.18. The fourth-order valence-corrected chi connectivity index (χ4v) is 3.18. The molecular weight excluding hydrogens is 334 g/mol. The average Bonchev–Trinajstić information content (AvgIpc) is 2.60. The monoisotopic (exact) mass is 363 g/mol. The number of benzene rings is 1. The summed E-state index contributed by atoms with van der Waals surface area (Å²) in [5.41, 5.74) is 0.483. The first-order valence-corrected chi connectivity index (χ1v) is 9.03. The van der Waals surface area contributed by atoms with Gasteiger partial charge in [0.1, 0.15) is 11.4 Å². The maximum absolute atomic E-state index is 12.5. The van der Waals surface area contributed by atoms with E-state index in [-0.39, 0.29) is 18.0 Å². The minimum absolute atomic E-state index is 0.00126. The van der Waals surface area contributed by atoms with Crippen molar-refractivity contribution in [2.75, 3.05) is 26.8 Å². The summed E-state index contributed by atoms with van der Waals surface area (Å²) in [4.78, 5) is 26.5. The van der Waals surface area contributed by atoms with Gasteiger partial charge >= 0.3 is 12.1 Å². The summed E-state index contributed by atoms with van der Waals surface area (Å²) in [5, 5.41) is 0.